The first-order chi connectivity index (χ1) is 10.8. The summed E-state index contributed by atoms with van der Waals surface area (Å²) in [5.41, 5.74) is 0.116. The van der Waals surface area contributed by atoms with Crippen molar-refractivity contribution in [2.75, 3.05) is 19.8 Å². The molecule has 1 aromatic rings. The van der Waals surface area contributed by atoms with Crippen molar-refractivity contribution in [3.63, 3.8) is 0 Å². The first-order valence-corrected chi connectivity index (χ1v) is 8.10. The highest BCUT2D eigenvalue weighted by atomic mass is 16.6. The maximum atomic E-state index is 12.4. The lowest BCUT2D eigenvalue weighted by atomic mass is 10.1. The van der Waals surface area contributed by atoms with Gasteiger partial charge in [0.05, 0.1) is 24.9 Å². The van der Waals surface area contributed by atoms with Crippen LogP contribution >= 0.6 is 0 Å². The van der Waals surface area contributed by atoms with Crippen molar-refractivity contribution in [1.82, 2.24) is 14.7 Å². The SMILES string of the molecule is CCCn1nccc1C(O)C1COCCN1C(=O)OC(C)(C)C. The molecule has 0 radical (unpaired) electrons. The Kier molecular flexibility index (Phi) is 5.64. The molecule has 2 rings (SSSR count). The summed E-state index contributed by atoms with van der Waals surface area (Å²) in [5, 5.41) is 15.0. The molecule has 2 heterocycles. The standard InChI is InChI=1S/C16H27N3O4/c1-5-8-19-12(6-7-17-19)14(20)13-11-22-10-9-18(13)15(21)23-16(2,3)4/h6-7,13-14,20H,5,8-11H2,1-4H3. The molecule has 0 saturated carbocycles. The summed E-state index contributed by atoms with van der Waals surface area (Å²) in [6, 6.07) is 1.30. The van der Waals surface area contributed by atoms with Crippen molar-refractivity contribution < 1.29 is 19.4 Å². The van der Waals surface area contributed by atoms with Crippen LogP contribution in [0.5, 0.6) is 0 Å². The summed E-state index contributed by atoms with van der Waals surface area (Å²) in [5.74, 6) is 0. The zero-order valence-corrected chi connectivity index (χ0v) is 14.4. The fraction of sp³-hybridized carbons (Fsp3) is 0.750. The molecule has 1 amide bonds. The van der Waals surface area contributed by atoms with Gasteiger partial charge in [-0.15, -0.1) is 0 Å². The molecule has 2 atom stereocenters. The van der Waals surface area contributed by atoms with Crippen molar-refractivity contribution in [2.45, 2.75) is 58.4 Å². The average Bonchev–Trinajstić information content (AvgIpc) is 2.93. The summed E-state index contributed by atoms with van der Waals surface area (Å²) >= 11 is 0. The molecule has 2 unspecified atom stereocenters. The number of hydrogen-bond acceptors (Lipinski definition) is 5. The third-order valence-electron chi connectivity index (χ3n) is 3.65. The molecule has 1 aliphatic rings. The van der Waals surface area contributed by atoms with Gasteiger partial charge in [-0.1, -0.05) is 6.92 Å². The Morgan fingerprint density at radius 1 is 1.57 bits per heavy atom. The fourth-order valence-electron chi connectivity index (χ4n) is 2.62. The summed E-state index contributed by atoms with van der Waals surface area (Å²) < 4.78 is 12.7. The van der Waals surface area contributed by atoms with Gasteiger partial charge in [-0.3, -0.25) is 9.58 Å². The van der Waals surface area contributed by atoms with Crippen LogP contribution < -0.4 is 0 Å². The zero-order valence-electron chi connectivity index (χ0n) is 14.4. The molecule has 23 heavy (non-hydrogen) atoms. The molecule has 1 N–H and O–H groups in total. The summed E-state index contributed by atoms with van der Waals surface area (Å²) in [7, 11) is 0. The van der Waals surface area contributed by atoms with E-state index in [0.29, 0.717) is 18.8 Å². The Morgan fingerprint density at radius 3 is 2.96 bits per heavy atom. The lowest BCUT2D eigenvalue weighted by molar-refractivity contribution is -0.0689. The molecular formula is C16H27N3O4. The Labute approximate surface area is 137 Å². The van der Waals surface area contributed by atoms with Gasteiger partial charge < -0.3 is 14.6 Å². The topological polar surface area (TPSA) is 76.8 Å². The number of hydrogen-bond donors (Lipinski definition) is 1. The highest BCUT2D eigenvalue weighted by Gasteiger charge is 2.37. The van der Waals surface area contributed by atoms with Crippen LogP contribution in [0.2, 0.25) is 0 Å². The number of rotatable bonds is 4. The predicted molar refractivity (Wildman–Crippen MR) is 85.0 cm³/mol. The quantitative estimate of drug-likeness (QED) is 0.916. The normalized spacial score (nSPS) is 20.4. The first kappa shape index (κ1) is 17.7. The molecular weight excluding hydrogens is 298 g/mol. The highest BCUT2D eigenvalue weighted by Crippen LogP contribution is 2.25. The highest BCUT2D eigenvalue weighted by molar-refractivity contribution is 5.68. The van der Waals surface area contributed by atoms with Crippen LogP contribution in [0.15, 0.2) is 12.3 Å². The van der Waals surface area contributed by atoms with E-state index in [0.717, 1.165) is 13.0 Å². The third kappa shape index (κ3) is 4.45. The number of aromatic nitrogens is 2. The van der Waals surface area contributed by atoms with Crippen molar-refractivity contribution in [3.8, 4) is 0 Å². The van der Waals surface area contributed by atoms with E-state index in [2.05, 4.69) is 12.0 Å². The predicted octanol–water partition coefficient (Wildman–Crippen LogP) is 1.96. The van der Waals surface area contributed by atoms with Crippen LogP contribution in [0.1, 0.15) is 45.9 Å². The van der Waals surface area contributed by atoms with Crippen LogP contribution in [0, 0.1) is 0 Å². The molecule has 0 aromatic carbocycles. The molecule has 130 valence electrons. The number of aliphatic hydroxyl groups excluding tert-OH is 1. The number of ether oxygens (including phenoxy) is 2. The van der Waals surface area contributed by atoms with Crippen molar-refractivity contribution in [2.24, 2.45) is 0 Å². The van der Waals surface area contributed by atoms with E-state index in [4.69, 9.17) is 9.47 Å². The van der Waals surface area contributed by atoms with E-state index < -0.39 is 23.8 Å². The molecule has 0 spiro atoms. The smallest absolute Gasteiger partial charge is 0.410 e. The first-order valence-electron chi connectivity index (χ1n) is 8.10. The van der Waals surface area contributed by atoms with Gasteiger partial charge in [-0.2, -0.15) is 5.10 Å². The summed E-state index contributed by atoms with van der Waals surface area (Å²) in [4.78, 5) is 14.0. The number of morpholine rings is 1. The molecule has 1 aromatic heterocycles. The second kappa shape index (κ2) is 7.31. The fourth-order valence-corrected chi connectivity index (χ4v) is 2.62. The Morgan fingerprint density at radius 2 is 2.30 bits per heavy atom. The van der Waals surface area contributed by atoms with Gasteiger partial charge in [0.2, 0.25) is 0 Å². The molecule has 1 fully saturated rings. The zero-order chi connectivity index (χ0) is 17.0. The van der Waals surface area contributed by atoms with E-state index in [1.807, 2.05) is 20.8 Å². The number of carbonyl (C=O) groups is 1. The summed E-state index contributed by atoms with van der Waals surface area (Å²) in [6.07, 6.45) is 1.29. The van der Waals surface area contributed by atoms with E-state index in [-0.39, 0.29) is 6.61 Å². The molecule has 7 heteroatoms. The third-order valence-corrected chi connectivity index (χ3v) is 3.65. The van der Waals surface area contributed by atoms with Crippen molar-refractivity contribution in [3.05, 3.63) is 18.0 Å². The molecule has 0 bridgehead atoms. The van der Waals surface area contributed by atoms with Gasteiger partial charge in [0.1, 0.15) is 11.7 Å². The number of amides is 1. The van der Waals surface area contributed by atoms with E-state index in [1.165, 1.54) is 0 Å². The Bertz CT molecular complexity index is 524. The van der Waals surface area contributed by atoms with Gasteiger partial charge >= 0.3 is 6.09 Å². The Hall–Kier alpha value is -1.60. The lowest BCUT2D eigenvalue weighted by Crippen LogP contribution is -2.53. The Balaban J connectivity index is 2.17. The van der Waals surface area contributed by atoms with Crippen LogP contribution in [0.25, 0.3) is 0 Å². The van der Waals surface area contributed by atoms with Gasteiger partial charge in [0.25, 0.3) is 0 Å². The van der Waals surface area contributed by atoms with Gasteiger partial charge in [0.15, 0.2) is 0 Å². The van der Waals surface area contributed by atoms with E-state index in [9.17, 15) is 9.90 Å². The second-order valence-corrected chi connectivity index (χ2v) is 6.74. The van der Waals surface area contributed by atoms with Crippen molar-refractivity contribution >= 4 is 6.09 Å². The largest absolute Gasteiger partial charge is 0.444 e. The minimum Gasteiger partial charge on any atom is -0.444 e. The van der Waals surface area contributed by atoms with Crippen LogP contribution in [0.4, 0.5) is 4.79 Å². The molecule has 1 aliphatic heterocycles. The summed E-state index contributed by atoms with van der Waals surface area (Å²) in [6.45, 7) is 9.37. The number of carbonyl (C=O) groups excluding carboxylic acids is 1. The average molecular weight is 325 g/mol. The van der Waals surface area contributed by atoms with E-state index >= 15 is 0 Å². The molecule has 7 nitrogen and oxygen atoms in total. The van der Waals surface area contributed by atoms with Crippen LogP contribution in [0.3, 0.4) is 0 Å². The number of nitrogens with zero attached hydrogens (tertiary/aromatic N) is 3. The minimum atomic E-state index is -0.864. The monoisotopic (exact) mass is 325 g/mol. The van der Waals surface area contributed by atoms with Gasteiger partial charge in [-0.25, -0.2) is 4.79 Å². The second-order valence-electron chi connectivity index (χ2n) is 6.74. The maximum absolute atomic E-state index is 12.4. The molecule has 0 aliphatic carbocycles. The maximum Gasteiger partial charge on any atom is 0.410 e. The van der Waals surface area contributed by atoms with Gasteiger partial charge in [-0.05, 0) is 33.3 Å². The lowest BCUT2D eigenvalue weighted by Gasteiger charge is -2.38. The van der Waals surface area contributed by atoms with Crippen LogP contribution in [-0.4, -0.2) is 57.3 Å². The minimum absolute atomic E-state index is 0.276. The van der Waals surface area contributed by atoms with Crippen molar-refractivity contribution in [1.29, 1.82) is 0 Å². The van der Waals surface area contributed by atoms with Crippen LogP contribution in [-0.2, 0) is 16.0 Å². The molecule has 1 saturated heterocycles. The number of aryl methyl sites for hydroxylation is 1. The van der Waals surface area contributed by atoms with Gasteiger partial charge in [0, 0.05) is 19.3 Å². The number of aliphatic hydroxyl groups is 1. The van der Waals surface area contributed by atoms with E-state index in [1.54, 1.807) is 21.8 Å².